The summed E-state index contributed by atoms with van der Waals surface area (Å²) in [6, 6.07) is 2.00. The normalized spacial score (nSPS) is 24.7. The first kappa shape index (κ1) is 27.1. The Bertz CT molecular complexity index is 1540. The summed E-state index contributed by atoms with van der Waals surface area (Å²) < 4.78 is 75.0. The molecule has 218 valence electrons. The van der Waals surface area contributed by atoms with E-state index < -0.39 is 67.8 Å². The number of pyridine rings is 1. The maximum Gasteiger partial charge on any atom is 0.272 e. The fourth-order valence-corrected chi connectivity index (χ4v) is 5.38. The molecule has 3 aromatic heterocycles. The molecule has 3 unspecified atom stereocenters. The van der Waals surface area contributed by atoms with Crippen LogP contribution in [0.15, 0.2) is 24.7 Å². The summed E-state index contributed by atoms with van der Waals surface area (Å²) in [6.45, 7) is -1.30. The number of hydrogen-bond acceptors (Lipinski definition) is 8. The van der Waals surface area contributed by atoms with E-state index in [0.29, 0.717) is 22.3 Å². The zero-order chi connectivity index (χ0) is 29.3. The van der Waals surface area contributed by atoms with Crippen molar-refractivity contribution in [2.24, 2.45) is 5.92 Å². The fraction of sp³-hybridized carbons (Fsp3) is 0.480. The van der Waals surface area contributed by atoms with Crippen LogP contribution in [0, 0.1) is 5.92 Å². The number of rotatable bonds is 7. The van der Waals surface area contributed by atoms with Crippen LogP contribution < -0.4 is 15.8 Å². The lowest BCUT2D eigenvalue weighted by Crippen LogP contribution is -2.55. The standard InChI is InChI=1S/C25H25F5N8O3/c1-41-22-14(21(39)35-17-8-37(7-16(17)26)23(40)15-4-25(15,29)30)2-12(5-32-22)18-3-13(6-36-9-24(27,28)10-36)19-20(31)33-11-34-38(18)19/h2-3,5,11,15-17H,4,6-10H2,1H3,(H,35,39)(H2,31,33,34). The molecule has 2 amide bonds. The number of anilines is 1. The van der Waals surface area contributed by atoms with E-state index in [0.717, 1.165) is 4.90 Å². The number of carbonyl (C=O) groups excluding carboxylic acids is 2. The molecule has 0 radical (unpaired) electrons. The highest BCUT2D eigenvalue weighted by molar-refractivity contribution is 5.98. The number of hydrogen-bond donors (Lipinski definition) is 2. The van der Waals surface area contributed by atoms with Gasteiger partial charge in [0.1, 0.15) is 29.5 Å². The van der Waals surface area contributed by atoms with Gasteiger partial charge in [-0.2, -0.15) is 5.10 Å². The highest BCUT2D eigenvalue weighted by Crippen LogP contribution is 2.49. The van der Waals surface area contributed by atoms with Crippen molar-refractivity contribution in [2.45, 2.75) is 37.0 Å². The molecule has 3 aliphatic rings. The van der Waals surface area contributed by atoms with Crippen LogP contribution in [0.4, 0.5) is 27.8 Å². The summed E-state index contributed by atoms with van der Waals surface area (Å²) in [5, 5.41) is 6.76. The van der Waals surface area contributed by atoms with Gasteiger partial charge in [0.05, 0.1) is 38.5 Å². The zero-order valence-electron chi connectivity index (χ0n) is 21.7. The second kappa shape index (κ2) is 9.49. The van der Waals surface area contributed by atoms with Crippen molar-refractivity contribution in [3.63, 3.8) is 0 Å². The monoisotopic (exact) mass is 580 g/mol. The minimum Gasteiger partial charge on any atom is -0.480 e. The van der Waals surface area contributed by atoms with Crippen LogP contribution >= 0.6 is 0 Å². The van der Waals surface area contributed by atoms with Gasteiger partial charge in [-0.15, -0.1) is 0 Å². The number of nitrogen functional groups attached to an aromatic ring is 1. The van der Waals surface area contributed by atoms with Crippen molar-refractivity contribution in [3.8, 4) is 17.1 Å². The van der Waals surface area contributed by atoms with E-state index in [1.165, 1.54) is 30.2 Å². The third kappa shape index (κ3) is 4.89. The van der Waals surface area contributed by atoms with Crippen LogP contribution in [0.5, 0.6) is 5.88 Å². The summed E-state index contributed by atoms with van der Waals surface area (Å²) in [6.07, 6.45) is 0.414. The summed E-state index contributed by atoms with van der Waals surface area (Å²) in [5.41, 5.74) is 7.86. The lowest BCUT2D eigenvalue weighted by molar-refractivity contribution is -0.134. The molecule has 3 fully saturated rings. The molecule has 2 aliphatic heterocycles. The summed E-state index contributed by atoms with van der Waals surface area (Å²) in [5.74, 6) is -8.82. The van der Waals surface area contributed by atoms with Crippen LogP contribution in [0.3, 0.4) is 0 Å². The summed E-state index contributed by atoms with van der Waals surface area (Å²) in [7, 11) is 1.30. The molecule has 3 atom stereocenters. The Morgan fingerprint density at radius 1 is 1.17 bits per heavy atom. The molecular weight excluding hydrogens is 555 g/mol. The van der Waals surface area contributed by atoms with Crippen molar-refractivity contribution in [1.82, 2.24) is 34.7 Å². The van der Waals surface area contributed by atoms with E-state index >= 15 is 0 Å². The molecular formula is C25H25F5N8O3. The second-order valence-corrected chi connectivity index (χ2v) is 10.6. The Kier molecular flexibility index (Phi) is 6.28. The molecule has 11 nitrogen and oxygen atoms in total. The molecule has 0 spiro atoms. The van der Waals surface area contributed by atoms with E-state index in [2.05, 4.69) is 20.4 Å². The van der Waals surface area contributed by atoms with Gasteiger partial charge < -0.3 is 20.7 Å². The number of aromatic nitrogens is 4. The van der Waals surface area contributed by atoms with Crippen molar-refractivity contribution >= 4 is 23.1 Å². The average molecular weight is 581 g/mol. The van der Waals surface area contributed by atoms with Gasteiger partial charge >= 0.3 is 0 Å². The Balaban J connectivity index is 1.26. The molecule has 0 bridgehead atoms. The number of likely N-dealkylation sites (tertiary alicyclic amines) is 2. The highest BCUT2D eigenvalue weighted by atomic mass is 19.3. The Labute approximate surface area is 229 Å². The van der Waals surface area contributed by atoms with Crippen LogP contribution in [0.2, 0.25) is 0 Å². The number of fused-ring (bicyclic) bond motifs is 1. The lowest BCUT2D eigenvalue weighted by atomic mass is 10.1. The molecule has 2 saturated heterocycles. The number of ether oxygens (including phenoxy) is 1. The molecule has 0 aromatic carbocycles. The Hall–Kier alpha value is -4.08. The molecule has 1 saturated carbocycles. The third-order valence-corrected chi connectivity index (χ3v) is 7.55. The Morgan fingerprint density at radius 2 is 1.90 bits per heavy atom. The minimum absolute atomic E-state index is 0.0587. The van der Waals surface area contributed by atoms with Gasteiger partial charge in [-0.25, -0.2) is 36.4 Å². The molecule has 1 aliphatic carbocycles. The largest absolute Gasteiger partial charge is 0.480 e. The SMILES string of the molecule is COc1ncc(-c2cc(CN3CC(F)(F)C3)c3c(N)ncnn23)cc1C(=O)NC1CN(C(=O)C2CC2(F)F)CC1F. The van der Waals surface area contributed by atoms with Gasteiger partial charge in [-0.1, -0.05) is 0 Å². The maximum absolute atomic E-state index is 14.8. The van der Waals surface area contributed by atoms with Crippen LogP contribution in [-0.4, -0.2) is 98.5 Å². The minimum atomic E-state index is -3.08. The first-order valence-corrected chi connectivity index (χ1v) is 12.7. The highest BCUT2D eigenvalue weighted by Gasteiger charge is 2.63. The van der Waals surface area contributed by atoms with Gasteiger partial charge in [0.15, 0.2) is 5.82 Å². The average Bonchev–Trinajstić information content (AvgIpc) is 3.19. The van der Waals surface area contributed by atoms with E-state index in [1.54, 1.807) is 11.0 Å². The molecule has 16 heteroatoms. The smallest absolute Gasteiger partial charge is 0.272 e. The van der Waals surface area contributed by atoms with Crippen molar-refractivity contribution in [2.75, 3.05) is 39.0 Å². The maximum atomic E-state index is 14.8. The van der Waals surface area contributed by atoms with E-state index in [4.69, 9.17) is 10.5 Å². The van der Waals surface area contributed by atoms with Gasteiger partial charge in [0, 0.05) is 31.3 Å². The van der Waals surface area contributed by atoms with Crippen LogP contribution in [0.25, 0.3) is 16.8 Å². The predicted molar refractivity (Wildman–Crippen MR) is 133 cm³/mol. The molecule has 41 heavy (non-hydrogen) atoms. The number of amides is 2. The van der Waals surface area contributed by atoms with Crippen molar-refractivity contribution in [1.29, 1.82) is 0 Å². The molecule has 5 heterocycles. The lowest BCUT2D eigenvalue weighted by Gasteiger charge is -2.38. The third-order valence-electron chi connectivity index (χ3n) is 7.55. The summed E-state index contributed by atoms with van der Waals surface area (Å²) >= 11 is 0. The Morgan fingerprint density at radius 3 is 2.56 bits per heavy atom. The molecule has 3 N–H and O–H groups in total. The predicted octanol–water partition coefficient (Wildman–Crippen LogP) is 1.77. The van der Waals surface area contributed by atoms with Gasteiger partial charge in [0.25, 0.3) is 17.8 Å². The number of methoxy groups -OCH3 is 1. The first-order chi connectivity index (χ1) is 19.4. The van der Waals surface area contributed by atoms with Gasteiger partial charge in [0.2, 0.25) is 11.8 Å². The van der Waals surface area contributed by atoms with E-state index in [9.17, 15) is 31.5 Å². The first-order valence-electron chi connectivity index (χ1n) is 12.7. The second-order valence-electron chi connectivity index (χ2n) is 10.6. The van der Waals surface area contributed by atoms with E-state index in [1.807, 2.05) is 0 Å². The van der Waals surface area contributed by atoms with Crippen molar-refractivity contribution in [3.05, 3.63) is 35.8 Å². The van der Waals surface area contributed by atoms with Crippen molar-refractivity contribution < 1.29 is 36.3 Å². The zero-order valence-corrected chi connectivity index (χ0v) is 21.7. The topological polar surface area (TPSA) is 131 Å². The van der Waals surface area contributed by atoms with E-state index in [-0.39, 0.29) is 30.4 Å². The van der Waals surface area contributed by atoms with Crippen LogP contribution in [-0.2, 0) is 11.3 Å². The fourth-order valence-electron chi connectivity index (χ4n) is 5.38. The number of nitrogens with one attached hydrogen (secondary N) is 1. The number of alkyl halides is 5. The summed E-state index contributed by atoms with van der Waals surface area (Å²) in [4.78, 5) is 36.3. The van der Waals surface area contributed by atoms with Crippen LogP contribution in [0.1, 0.15) is 22.3 Å². The van der Waals surface area contributed by atoms with Gasteiger partial charge in [-0.3, -0.25) is 14.5 Å². The molecule has 3 aromatic rings. The quantitative estimate of drug-likeness (QED) is 0.405. The number of halogens is 5. The number of nitrogens with two attached hydrogens (primary N) is 1. The number of nitrogens with zero attached hydrogens (tertiary/aromatic N) is 6. The number of carbonyl (C=O) groups is 2. The van der Waals surface area contributed by atoms with Gasteiger partial charge in [-0.05, 0) is 17.7 Å². The molecule has 6 rings (SSSR count).